The van der Waals surface area contributed by atoms with E-state index in [9.17, 15) is 13.2 Å². The normalized spacial score (nSPS) is 11.7. The third-order valence-corrected chi connectivity index (χ3v) is 6.45. The summed E-state index contributed by atoms with van der Waals surface area (Å²) in [5.74, 6) is -0.716. The fourth-order valence-corrected chi connectivity index (χ4v) is 4.66. The molecule has 0 heterocycles. The first kappa shape index (κ1) is 21.3. The molecule has 0 aliphatic heterocycles. The van der Waals surface area contributed by atoms with Gasteiger partial charge in [0.15, 0.2) is 0 Å². The number of sulfonamides is 1. The lowest BCUT2D eigenvalue weighted by Gasteiger charge is -2.25. The number of anilines is 1. The van der Waals surface area contributed by atoms with Crippen LogP contribution in [0.15, 0.2) is 102 Å². The van der Waals surface area contributed by atoms with Crippen molar-refractivity contribution in [1.29, 1.82) is 0 Å². The molecule has 0 saturated heterocycles. The second kappa shape index (κ2) is 8.93. The largest absolute Gasteiger partial charge is 0.271 e. The van der Waals surface area contributed by atoms with E-state index in [-0.39, 0.29) is 10.6 Å². The second-order valence-corrected chi connectivity index (χ2v) is 8.50. The second-order valence-electron chi connectivity index (χ2n) is 6.71. The minimum atomic E-state index is -4.14. The number of benzene rings is 3. The molecule has 0 N–H and O–H groups in total. The molecular formula is C25H23NO3S. The van der Waals surface area contributed by atoms with Crippen LogP contribution in [0.1, 0.15) is 23.6 Å². The van der Waals surface area contributed by atoms with E-state index in [0.717, 1.165) is 27.1 Å². The van der Waals surface area contributed by atoms with Gasteiger partial charge in [0.1, 0.15) is 0 Å². The highest BCUT2D eigenvalue weighted by atomic mass is 32.2. The van der Waals surface area contributed by atoms with Crippen molar-refractivity contribution in [2.75, 3.05) is 4.31 Å². The molecule has 0 fully saturated rings. The quantitative estimate of drug-likeness (QED) is 0.508. The Morgan fingerprint density at radius 2 is 1.50 bits per heavy atom. The SMILES string of the molecule is C=CC(=O)N(c1ccccc1C(=CC)c1ccccc1)S(=O)(=O)c1ccc(C)cc1. The minimum Gasteiger partial charge on any atom is -0.268 e. The first-order chi connectivity index (χ1) is 14.4. The van der Waals surface area contributed by atoms with E-state index in [1.165, 1.54) is 12.1 Å². The zero-order chi connectivity index (χ0) is 21.7. The summed E-state index contributed by atoms with van der Waals surface area (Å²) in [7, 11) is -4.14. The molecule has 152 valence electrons. The molecular weight excluding hydrogens is 394 g/mol. The van der Waals surface area contributed by atoms with Crippen LogP contribution in [-0.4, -0.2) is 14.3 Å². The monoisotopic (exact) mass is 417 g/mol. The molecule has 0 spiro atoms. The molecule has 0 aromatic heterocycles. The van der Waals surface area contributed by atoms with Gasteiger partial charge in [-0.3, -0.25) is 4.79 Å². The molecule has 5 heteroatoms. The van der Waals surface area contributed by atoms with Gasteiger partial charge in [0.25, 0.3) is 15.9 Å². The lowest BCUT2D eigenvalue weighted by Crippen LogP contribution is -2.36. The van der Waals surface area contributed by atoms with Crippen LogP contribution in [0.4, 0.5) is 5.69 Å². The number of para-hydroxylation sites is 1. The van der Waals surface area contributed by atoms with Crippen molar-refractivity contribution in [1.82, 2.24) is 0 Å². The maximum Gasteiger partial charge on any atom is 0.271 e. The standard InChI is InChI=1S/C25H23NO3S/c1-4-22(20-11-7-6-8-12-20)23-13-9-10-14-24(23)26(25(27)5-2)30(28,29)21-17-15-19(3)16-18-21/h4-18H,2H2,1,3H3. The molecule has 0 saturated carbocycles. The predicted octanol–water partition coefficient (Wildman–Crippen LogP) is 5.35. The Labute approximate surface area is 177 Å². The van der Waals surface area contributed by atoms with Gasteiger partial charge in [-0.05, 0) is 49.3 Å². The zero-order valence-electron chi connectivity index (χ0n) is 16.9. The minimum absolute atomic E-state index is 0.0415. The van der Waals surface area contributed by atoms with Gasteiger partial charge >= 0.3 is 0 Å². The highest BCUT2D eigenvalue weighted by Crippen LogP contribution is 2.35. The van der Waals surface area contributed by atoms with Crippen molar-refractivity contribution in [2.45, 2.75) is 18.7 Å². The summed E-state index contributed by atoms with van der Waals surface area (Å²) < 4.78 is 27.8. The molecule has 30 heavy (non-hydrogen) atoms. The molecule has 0 aliphatic carbocycles. The maximum atomic E-state index is 13.5. The topological polar surface area (TPSA) is 54.5 Å². The van der Waals surface area contributed by atoms with E-state index in [1.54, 1.807) is 24.3 Å². The van der Waals surface area contributed by atoms with Crippen LogP contribution in [0, 0.1) is 6.92 Å². The first-order valence-corrected chi connectivity index (χ1v) is 10.9. The van der Waals surface area contributed by atoms with E-state index in [4.69, 9.17) is 0 Å². The summed E-state index contributed by atoms with van der Waals surface area (Å²) in [6, 6.07) is 23.0. The van der Waals surface area contributed by atoms with Gasteiger partial charge in [-0.15, -0.1) is 0 Å². The lowest BCUT2D eigenvalue weighted by atomic mass is 9.96. The molecule has 1 amide bonds. The van der Waals surface area contributed by atoms with Gasteiger partial charge < -0.3 is 0 Å². The Morgan fingerprint density at radius 3 is 2.10 bits per heavy atom. The molecule has 4 nitrogen and oxygen atoms in total. The van der Waals surface area contributed by atoms with Gasteiger partial charge in [0, 0.05) is 5.56 Å². The van der Waals surface area contributed by atoms with E-state index >= 15 is 0 Å². The summed E-state index contributed by atoms with van der Waals surface area (Å²) in [5, 5.41) is 0. The fraction of sp³-hybridized carbons (Fsp3) is 0.0800. The number of aryl methyl sites for hydroxylation is 1. The average molecular weight is 418 g/mol. The van der Waals surface area contributed by atoms with E-state index in [1.807, 2.05) is 62.4 Å². The van der Waals surface area contributed by atoms with Crippen molar-refractivity contribution in [3.8, 4) is 0 Å². The number of carbonyl (C=O) groups is 1. The van der Waals surface area contributed by atoms with Gasteiger partial charge in [-0.25, -0.2) is 8.42 Å². The number of nitrogens with zero attached hydrogens (tertiary/aromatic N) is 1. The van der Waals surface area contributed by atoms with Crippen molar-refractivity contribution in [2.24, 2.45) is 0 Å². The molecule has 3 aromatic carbocycles. The summed E-state index contributed by atoms with van der Waals surface area (Å²) in [4.78, 5) is 12.8. The summed E-state index contributed by atoms with van der Waals surface area (Å²) >= 11 is 0. The van der Waals surface area contributed by atoms with Crippen LogP contribution in [0.3, 0.4) is 0 Å². The smallest absolute Gasteiger partial charge is 0.268 e. The molecule has 3 rings (SSSR count). The molecule has 0 atom stereocenters. The predicted molar refractivity (Wildman–Crippen MR) is 122 cm³/mol. The van der Waals surface area contributed by atoms with Crippen molar-refractivity contribution >= 4 is 27.2 Å². The Bertz CT molecular complexity index is 1190. The summed E-state index contributed by atoms with van der Waals surface area (Å²) in [6.45, 7) is 7.26. The Hall–Kier alpha value is -3.44. The molecule has 0 aliphatic rings. The van der Waals surface area contributed by atoms with Gasteiger partial charge in [0.2, 0.25) is 0 Å². The van der Waals surface area contributed by atoms with E-state index < -0.39 is 15.9 Å². The number of hydrogen-bond acceptors (Lipinski definition) is 3. The summed E-state index contributed by atoms with van der Waals surface area (Å²) in [5.41, 5.74) is 3.59. The Morgan fingerprint density at radius 1 is 0.900 bits per heavy atom. The highest BCUT2D eigenvalue weighted by Gasteiger charge is 2.31. The average Bonchev–Trinajstić information content (AvgIpc) is 2.76. The molecule has 0 unspecified atom stereocenters. The Balaban J connectivity index is 2.24. The number of rotatable bonds is 6. The van der Waals surface area contributed by atoms with E-state index in [0.29, 0.717) is 5.56 Å². The maximum absolute atomic E-state index is 13.5. The lowest BCUT2D eigenvalue weighted by molar-refractivity contribution is -0.113. The van der Waals surface area contributed by atoms with Crippen LogP contribution < -0.4 is 4.31 Å². The van der Waals surface area contributed by atoms with Crippen molar-refractivity contribution < 1.29 is 13.2 Å². The van der Waals surface area contributed by atoms with Gasteiger partial charge in [0.05, 0.1) is 10.6 Å². The van der Waals surface area contributed by atoms with Crippen LogP contribution in [0.5, 0.6) is 0 Å². The third kappa shape index (κ3) is 4.11. The first-order valence-electron chi connectivity index (χ1n) is 9.49. The molecule has 3 aromatic rings. The van der Waals surface area contributed by atoms with Crippen LogP contribution in [0.25, 0.3) is 5.57 Å². The van der Waals surface area contributed by atoms with Crippen LogP contribution >= 0.6 is 0 Å². The number of carbonyl (C=O) groups excluding carboxylic acids is 1. The number of hydrogen-bond donors (Lipinski definition) is 0. The zero-order valence-corrected chi connectivity index (χ0v) is 17.8. The molecule has 0 radical (unpaired) electrons. The number of allylic oxidation sites excluding steroid dienone is 1. The van der Waals surface area contributed by atoms with Crippen LogP contribution in [-0.2, 0) is 14.8 Å². The highest BCUT2D eigenvalue weighted by molar-refractivity contribution is 7.93. The van der Waals surface area contributed by atoms with Gasteiger partial charge in [-0.1, -0.05) is 78.9 Å². The van der Waals surface area contributed by atoms with Crippen molar-refractivity contribution in [3.05, 3.63) is 114 Å². The van der Waals surface area contributed by atoms with Gasteiger partial charge in [-0.2, -0.15) is 4.31 Å². The van der Waals surface area contributed by atoms with E-state index in [2.05, 4.69) is 6.58 Å². The summed E-state index contributed by atoms with van der Waals surface area (Å²) in [6.07, 6.45) is 2.92. The Kier molecular flexibility index (Phi) is 6.33. The van der Waals surface area contributed by atoms with Crippen molar-refractivity contribution in [3.63, 3.8) is 0 Å². The fourth-order valence-electron chi connectivity index (χ4n) is 3.24. The molecule has 0 bridgehead atoms. The van der Waals surface area contributed by atoms with Crippen LogP contribution in [0.2, 0.25) is 0 Å². The third-order valence-electron chi connectivity index (χ3n) is 4.72. The number of amides is 1.